The topological polar surface area (TPSA) is 127 Å². The minimum atomic E-state index is -4.07. The zero-order valence-electron chi connectivity index (χ0n) is 17.9. The maximum absolute atomic E-state index is 13.7. The third-order valence-electron chi connectivity index (χ3n) is 5.95. The van der Waals surface area contributed by atoms with Gasteiger partial charge in [-0.05, 0) is 68.1 Å². The number of nitrogen functional groups attached to an aromatic ring is 1. The van der Waals surface area contributed by atoms with Crippen LogP contribution in [0.4, 0.5) is 25.1 Å². The molecular formula is C23H21F2N5O3S. The molecule has 2 amide bonds. The lowest BCUT2D eigenvalue weighted by Gasteiger charge is -2.17. The summed E-state index contributed by atoms with van der Waals surface area (Å²) in [6.45, 7) is 0. The first-order chi connectivity index (χ1) is 16.2. The Morgan fingerprint density at radius 1 is 1.00 bits per heavy atom. The fourth-order valence-electron chi connectivity index (χ4n) is 3.76. The molecule has 1 heterocycles. The summed E-state index contributed by atoms with van der Waals surface area (Å²) in [6, 6.07) is 10.6. The lowest BCUT2D eigenvalue weighted by Crippen LogP contribution is -2.30. The molecular weight excluding hydrogens is 464 g/mol. The molecule has 1 aromatic heterocycles. The SMILES string of the molecule is Nc1cc(C2(S(=O)(=O)c3ccc(F)c(F)c3)CC2)nc(-c2ccc(NC(=O)NC3CC3)cc2)n1. The molecule has 0 atom stereocenters. The van der Waals surface area contributed by atoms with Crippen LogP contribution in [0.2, 0.25) is 0 Å². The van der Waals surface area contributed by atoms with Gasteiger partial charge in [-0.3, -0.25) is 0 Å². The van der Waals surface area contributed by atoms with Crippen molar-refractivity contribution in [3.63, 3.8) is 0 Å². The van der Waals surface area contributed by atoms with Crippen molar-refractivity contribution in [2.45, 2.75) is 41.4 Å². The number of nitrogens with one attached hydrogen (secondary N) is 2. The van der Waals surface area contributed by atoms with Crippen LogP contribution in [-0.2, 0) is 14.6 Å². The van der Waals surface area contributed by atoms with Crippen molar-refractivity contribution < 1.29 is 22.0 Å². The number of anilines is 2. The number of amides is 2. The highest BCUT2D eigenvalue weighted by Gasteiger charge is 2.58. The number of sulfone groups is 1. The highest BCUT2D eigenvalue weighted by atomic mass is 32.2. The van der Waals surface area contributed by atoms with Gasteiger partial charge in [0, 0.05) is 23.4 Å². The molecule has 2 aliphatic rings. The third kappa shape index (κ3) is 4.07. The molecule has 8 nitrogen and oxygen atoms in total. The Labute approximate surface area is 194 Å². The molecule has 2 fully saturated rings. The number of nitrogens with two attached hydrogens (primary N) is 1. The molecule has 2 aromatic carbocycles. The molecule has 0 radical (unpaired) electrons. The van der Waals surface area contributed by atoms with E-state index in [1.807, 2.05) is 0 Å². The van der Waals surface area contributed by atoms with E-state index < -0.39 is 26.2 Å². The smallest absolute Gasteiger partial charge is 0.319 e. The van der Waals surface area contributed by atoms with Gasteiger partial charge in [0.1, 0.15) is 10.6 Å². The summed E-state index contributed by atoms with van der Waals surface area (Å²) in [4.78, 5) is 20.3. The molecule has 176 valence electrons. The Morgan fingerprint density at radius 3 is 2.32 bits per heavy atom. The van der Waals surface area contributed by atoms with E-state index in [0.29, 0.717) is 17.3 Å². The van der Waals surface area contributed by atoms with E-state index >= 15 is 0 Å². The molecule has 4 N–H and O–H groups in total. The van der Waals surface area contributed by atoms with Gasteiger partial charge in [-0.2, -0.15) is 0 Å². The standard InChI is InChI=1S/C23H21F2N5O3S/c24-17-8-7-16(11-18(17)25)34(32,33)23(9-10-23)19-12-20(26)30-21(29-19)13-1-3-14(4-2-13)27-22(31)28-15-5-6-15/h1-4,7-8,11-12,15H,5-6,9-10H2,(H2,26,29,30)(H2,27,28,31). The lowest BCUT2D eigenvalue weighted by atomic mass is 10.1. The Kier molecular flexibility index (Phi) is 5.23. The molecule has 11 heteroatoms. The van der Waals surface area contributed by atoms with Crippen LogP contribution in [0.5, 0.6) is 0 Å². The summed E-state index contributed by atoms with van der Waals surface area (Å²) in [6.07, 6.45) is 2.50. The average Bonchev–Trinajstić information content (AvgIpc) is 3.71. The maximum atomic E-state index is 13.7. The van der Waals surface area contributed by atoms with Crippen LogP contribution in [0.15, 0.2) is 53.4 Å². The van der Waals surface area contributed by atoms with Crippen LogP contribution < -0.4 is 16.4 Å². The number of carbonyl (C=O) groups is 1. The van der Waals surface area contributed by atoms with Crippen LogP contribution in [0.3, 0.4) is 0 Å². The highest BCUT2D eigenvalue weighted by molar-refractivity contribution is 7.92. The largest absolute Gasteiger partial charge is 0.384 e. The van der Waals surface area contributed by atoms with E-state index in [-0.39, 0.29) is 47.1 Å². The zero-order valence-corrected chi connectivity index (χ0v) is 18.7. The van der Waals surface area contributed by atoms with Crippen molar-refractivity contribution in [2.75, 3.05) is 11.1 Å². The highest BCUT2D eigenvalue weighted by Crippen LogP contribution is 2.55. The number of carbonyl (C=O) groups excluding carboxylic acids is 1. The molecule has 5 rings (SSSR count). The van der Waals surface area contributed by atoms with E-state index in [4.69, 9.17) is 5.73 Å². The summed E-state index contributed by atoms with van der Waals surface area (Å²) >= 11 is 0. The predicted octanol–water partition coefficient (Wildman–Crippen LogP) is 3.75. The molecule has 0 unspecified atom stereocenters. The van der Waals surface area contributed by atoms with Gasteiger partial charge in [-0.15, -0.1) is 0 Å². The molecule has 2 saturated carbocycles. The van der Waals surface area contributed by atoms with Crippen molar-refractivity contribution in [3.05, 3.63) is 65.9 Å². The maximum Gasteiger partial charge on any atom is 0.319 e. The van der Waals surface area contributed by atoms with Crippen LogP contribution in [0.1, 0.15) is 31.4 Å². The monoisotopic (exact) mass is 485 g/mol. The summed E-state index contributed by atoms with van der Waals surface area (Å²) < 4.78 is 52.3. The molecule has 0 bridgehead atoms. The number of hydrogen-bond acceptors (Lipinski definition) is 6. The number of aromatic nitrogens is 2. The van der Waals surface area contributed by atoms with Gasteiger partial charge in [0.15, 0.2) is 27.3 Å². The van der Waals surface area contributed by atoms with Crippen molar-refractivity contribution in [2.24, 2.45) is 0 Å². The lowest BCUT2D eigenvalue weighted by molar-refractivity contribution is 0.251. The van der Waals surface area contributed by atoms with Crippen molar-refractivity contribution >= 4 is 27.4 Å². The molecule has 0 saturated heterocycles. The van der Waals surface area contributed by atoms with E-state index in [9.17, 15) is 22.0 Å². The van der Waals surface area contributed by atoms with E-state index in [1.54, 1.807) is 24.3 Å². The number of rotatable bonds is 6. The minimum absolute atomic E-state index is 0.0813. The molecule has 0 aliphatic heterocycles. The van der Waals surface area contributed by atoms with Gasteiger partial charge in [0.2, 0.25) is 0 Å². The Morgan fingerprint density at radius 2 is 1.71 bits per heavy atom. The van der Waals surface area contributed by atoms with Crippen molar-refractivity contribution in [3.8, 4) is 11.4 Å². The summed E-state index contributed by atoms with van der Waals surface area (Å²) in [5, 5.41) is 5.57. The van der Waals surface area contributed by atoms with Crippen LogP contribution >= 0.6 is 0 Å². The average molecular weight is 486 g/mol. The van der Waals surface area contributed by atoms with Crippen LogP contribution in [-0.4, -0.2) is 30.5 Å². The number of urea groups is 1. The predicted molar refractivity (Wildman–Crippen MR) is 122 cm³/mol. The van der Waals surface area contributed by atoms with Crippen LogP contribution in [0, 0.1) is 11.6 Å². The van der Waals surface area contributed by atoms with Crippen molar-refractivity contribution in [1.82, 2.24) is 15.3 Å². The van der Waals surface area contributed by atoms with Gasteiger partial charge < -0.3 is 16.4 Å². The summed E-state index contributed by atoms with van der Waals surface area (Å²) in [5.41, 5.74) is 7.32. The Balaban J connectivity index is 1.43. The molecule has 34 heavy (non-hydrogen) atoms. The summed E-state index contributed by atoms with van der Waals surface area (Å²) in [7, 11) is -4.07. The van der Waals surface area contributed by atoms with Gasteiger partial charge in [-0.1, -0.05) is 0 Å². The second-order valence-corrected chi connectivity index (χ2v) is 10.8. The van der Waals surface area contributed by atoms with Gasteiger partial charge >= 0.3 is 6.03 Å². The normalized spacial score (nSPS) is 16.6. The first kappa shape index (κ1) is 22.2. The first-order valence-electron chi connectivity index (χ1n) is 10.7. The molecule has 3 aromatic rings. The van der Waals surface area contributed by atoms with E-state index in [2.05, 4.69) is 20.6 Å². The second kappa shape index (κ2) is 8.01. The second-order valence-electron chi connectivity index (χ2n) is 8.53. The van der Waals surface area contributed by atoms with E-state index in [1.165, 1.54) is 6.07 Å². The zero-order chi connectivity index (χ0) is 24.1. The summed E-state index contributed by atoms with van der Waals surface area (Å²) in [5.74, 6) is -2.06. The minimum Gasteiger partial charge on any atom is -0.384 e. The number of hydrogen-bond donors (Lipinski definition) is 3. The Bertz CT molecular complexity index is 1390. The number of halogens is 2. The van der Waals surface area contributed by atoms with Crippen molar-refractivity contribution in [1.29, 1.82) is 0 Å². The fraction of sp³-hybridized carbons (Fsp3) is 0.261. The quantitative estimate of drug-likeness (QED) is 0.457. The number of nitrogens with zero attached hydrogens (tertiary/aromatic N) is 2. The van der Waals surface area contributed by atoms with Gasteiger partial charge in [-0.25, -0.2) is 32.0 Å². The fourth-order valence-corrected chi connectivity index (χ4v) is 5.73. The first-order valence-corrected chi connectivity index (χ1v) is 12.2. The van der Waals surface area contributed by atoms with Crippen LogP contribution in [0.25, 0.3) is 11.4 Å². The number of benzene rings is 2. The Hall–Kier alpha value is -3.60. The van der Waals surface area contributed by atoms with Gasteiger partial charge in [0.25, 0.3) is 0 Å². The van der Waals surface area contributed by atoms with E-state index in [0.717, 1.165) is 25.0 Å². The van der Waals surface area contributed by atoms with Gasteiger partial charge in [0.05, 0.1) is 10.6 Å². The molecule has 2 aliphatic carbocycles. The molecule has 0 spiro atoms. The third-order valence-corrected chi connectivity index (χ3v) is 8.47.